The van der Waals surface area contributed by atoms with E-state index in [-0.39, 0.29) is 5.41 Å². The molecule has 6 aromatic carbocycles. The summed E-state index contributed by atoms with van der Waals surface area (Å²) in [7, 11) is -1.85. The van der Waals surface area contributed by atoms with Crippen LogP contribution in [0, 0.1) is 0 Å². The maximum atomic E-state index is 2.52. The lowest BCUT2D eigenvalue weighted by Gasteiger charge is -2.33. The number of benzene rings is 6. The molecule has 0 unspecified atom stereocenters. The van der Waals surface area contributed by atoms with Crippen molar-refractivity contribution in [3.8, 4) is 33.4 Å². The van der Waals surface area contributed by atoms with Crippen molar-refractivity contribution in [3.63, 3.8) is 0 Å². The summed E-state index contributed by atoms with van der Waals surface area (Å²) in [4.78, 5) is 2.52. The third-order valence-corrected chi connectivity index (χ3v) is 13.4. The molecule has 1 nitrogen and oxygen atoms in total. The Morgan fingerprint density at radius 1 is 0.488 bits per heavy atom. The van der Waals surface area contributed by atoms with Crippen LogP contribution in [0.1, 0.15) is 25.0 Å². The van der Waals surface area contributed by atoms with Gasteiger partial charge in [0.1, 0.15) is 8.07 Å². The van der Waals surface area contributed by atoms with Gasteiger partial charge in [-0.15, -0.1) is 0 Å². The highest BCUT2D eigenvalue weighted by molar-refractivity contribution is 7.03. The van der Waals surface area contributed by atoms with Crippen LogP contribution in [0.2, 0.25) is 13.1 Å². The summed E-state index contributed by atoms with van der Waals surface area (Å²) >= 11 is 0. The highest BCUT2D eigenvalue weighted by Gasteiger charge is 2.40. The fourth-order valence-electron chi connectivity index (χ4n) is 7.72. The normalized spacial score (nSPS) is 14.9. The van der Waals surface area contributed by atoms with Gasteiger partial charge in [-0.05, 0) is 85.2 Å². The van der Waals surface area contributed by atoms with Crippen LogP contribution in [0.3, 0.4) is 0 Å². The fourth-order valence-corrected chi connectivity index (χ4v) is 10.8. The maximum absolute atomic E-state index is 2.52. The molecule has 0 amide bonds. The lowest BCUT2D eigenvalue weighted by atomic mass is 9.81. The second-order valence-corrected chi connectivity index (χ2v) is 17.3. The molecular formula is C41H35NSi. The number of hydrogen-bond donors (Lipinski definition) is 0. The summed E-state index contributed by atoms with van der Waals surface area (Å²) in [5, 5.41) is 3.06. The van der Waals surface area contributed by atoms with Gasteiger partial charge in [-0.3, -0.25) is 0 Å². The highest BCUT2D eigenvalue weighted by Crippen LogP contribution is 2.54. The summed E-state index contributed by atoms with van der Waals surface area (Å²) in [5.41, 5.74) is 14.3. The van der Waals surface area contributed by atoms with Gasteiger partial charge in [-0.1, -0.05) is 136 Å². The van der Waals surface area contributed by atoms with Gasteiger partial charge in [0, 0.05) is 16.8 Å². The Morgan fingerprint density at radius 3 is 1.95 bits per heavy atom. The molecule has 1 heterocycles. The number of fused-ring (bicyclic) bond motifs is 6. The Balaban J connectivity index is 1.38. The lowest BCUT2D eigenvalue weighted by Crippen LogP contribution is -2.49. The minimum Gasteiger partial charge on any atom is -0.310 e. The molecule has 0 saturated carbocycles. The van der Waals surface area contributed by atoms with Crippen LogP contribution >= 0.6 is 0 Å². The Labute approximate surface area is 256 Å². The molecule has 208 valence electrons. The van der Waals surface area contributed by atoms with Crippen molar-refractivity contribution in [3.05, 3.63) is 151 Å². The van der Waals surface area contributed by atoms with Crippen molar-refractivity contribution in [2.24, 2.45) is 0 Å². The first-order chi connectivity index (χ1) is 20.9. The van der Waals surface area contributed by atoms with E-state index in [1.165, 1.54) is 71.9 Å². The van der Waals surface area contributed by atoms with Gasteiger partial charge >= 0.3 is 0 Å². The van der Waals surface area contributed by atoms with Gasteiger partial charge in [0.05, 0.1) is 5.69 Å². The Bertz CT molecular complexity index is 2040. The zero-order chi connectivity index (χ0) is 29.3. The third-order valence-electron chi connectivity index (χ3n) is 9.84. The summed E-state index contributed by atoms with van der Waals surface area (Å²) in [6.07, 6.45) is 0. The smallest absolute Gasteiger partial charge is 0.113 e. The first-order valence-corrected chi connectivity index (χ1v) is 18.3. The van der Waals surface area contributed by atoms with Crippen molar-refractivity contribution >= 4 is 35.5 Å². The molecule has 0 bridgehead atoms. The predicted molar refractivity (Wildman–Crippen MR) is 186 cm³/mol. The standard InChI is InChI=1S/C41H35NSi/c1-41(2)36-21-10-8-18-32(36)35-20-13-22-37(40(35)41)42(30-17-12-16-29(26-30)28-14-6-5-7-15-28)31-24-25-34-33-19-9-11-23-38(33)43(3,4)39(34)27-31/h5-27H,1-4H3. The molecule has 6 aromatic rings. The van der Waals surface area contributed by atoms with Crippen LogP contribution in [0.5, 0.6) is 0 Å². The van der Waals surface area contributed by atoms with E-state index in [1.807, 2.05) is 0 Å². The van der Waals surface area contributed by atoms with E-state index in [1.54, 1.807) is 0 Å². The van der Waals surface area contributed by atoms with E-state index >= 15 is 0 Å². The average molecular weight is 570 g/mol. The Hall–Kier alpha value is -4.66. The van der Waals surface area contributed by atoms with Crippen LogP contribution in [0.4, 0.5) is 17.1 Å². The largest absolute Gasteiger partial charge is 0.310 e. The van der Waals surface area contributed by atoms with Crippen molar-refractivity contribution < 1.29 is 0 Å². The second-order valence-electron chi connectivity index (χ2n) is 13.0. The molecular weight excluding hydrogens is 535 g/mol. The lowest BCUT2D eigenvalue weighted by molar-refractivity contribution is 0.661. The van der Waals surface area contributed by atoms with Crippen molar-refractivity contribution in [2.75, 3.05) is 4.90 Å². The van der Waals surface area contributed by atoms with Crippen molar-refractivity contribution in [2.45, 2.75) is 32.4 Å². The van der Waals surface area contributed by atoms with Gasteiger partial charge in [-0.2, -0.15) is 0 Å². The molecule has 2 heteroatoms. The highest BCUT2D eigenvalue weighted by atomic mass is 28.3. The van der Waals surface area contributed by atoms with Crippen LogP contribution in [0.15, 0.2) is 140 Å². The number of hydrogen-bond acceptors (Lipinski definition) is 1. The minimum atomic E-state index is -1.85. The first kappa shape index (κ1) is 26.0. The molecule has 1 aliphatic carbocycles. The van der Waals surface area contributed by atoms with Crippen LogP contribution in [-0.2, 0) is 5.41 Å². The van der Waals surface area contributed by atoms with Crippen LogP contribution < -0.4 is 15.3 Å². The van der Waals surface area contributed by atoms with E-state index in [0.29, 0.717) is 0 Å². The van der Waals surface area contributed by atoms with Gasteiger partial charge in [0.15, 0.2) is 0 Å². The van der Waals surface area contributed by atoms with Gasteiger partial charge < -0.3 is 4.90 Å². The maximum Gasteiger partial charge on any atom is 0.113 e. The van der Waals surface area contributed by atoms with Crippen molar-refractivity contribution in [1.82, 2.24) is 0 Å². The number of anilines is 3. The molecule has 0 N–H and O–H groups in total. The molecule has 43 heavy (non-hydrogen) atoms. The van der Waals surface area contributed by atoms with Crippen LogP contribution in [-0.4, -0.2) is 8.07 Å². The zero-order valence-electron chi connectivity index (χ0n) is 25.2. The molecule has 1 aliphatic heterocycles. The van der Waals surface area contributed by atoms with E-state index in [2.05, 4.69) is 171 Å². The number of nitrogens with zero attached hydrogens (tertiary/aromatic N) is 1. The molecule has 0 radical (unpaired) electrons. The Kier molecular flexibility index (Phi) is 5.70. The van der Waals surface area contributed by atoms with E-state index in [4.69, 9.17) is 0 Å². The summed E-state index contributed by atoms with van der Waals surface area (Å²) in [6.45, 7) is 9.77. The molecule has 2 aliphatic rings. The van der Waals surface area contributed by atoms with Gasteiger partial charge in [0.2, 0.25) is 0 Å². The van der Waals surface area contributed by atoms with E-state index < -0.39 is 8.07 Å². The topological polar surface area (TPSA) is 3.24 Å². The number of rotatable bonds is 4. The predicted octanol–water partition coefficient (Wildman–Crippen LogP) is 9.93. The van der Waals surface area contributed by atoms with E-state index in [9.17, 15) is 0 Å². The molecule has 0 spiro atoms. The molecule has 0 aromatic heterocycles. The Morgan fingerprint density at radius 2 is 1.12 bits per heavy atom. The monoisotopic (exact) mass is 569 g/mol. The molecule has 0 fully saturated rings. The SMILES string of the molecule is CC1(C)c2ccccc2-c2cccc(N(c3cccc(-c4ccccc4)c3)c3ccc4c(c3)[Si](C)(C)c3ccccc3-4)c21. The van der Waals surface area contributed by atoms with Crippen molar-refractivity contribution in [1.29, 1.82) is 0 Å². The third kappa shape index (κ3) is 3.83. The summed E-state index contributed by atoms with van der Waals surface area (Å²) in [6, 6.07) is 51.9. The zero-order valence-corrected chi connectivity index (χ0v) is 26.2. The van der Waals surface area contributed by atoms with E-state index in [0.717, 1.165) is 0 Å². The minimum absolute atomic E-state index is 0.126. The quantitative estimate of drug-likeness (QED) is 0.191. The molecule has 8 rings (SSSR count). The van der Waals surface area contributed by atoms with Gasteiger partial charge in [0.25, 0.3) is 0 Å². The summed E-state index contributed by atoms with van der Waals surface area (Å²) in [5.74, 6) is 0. The van der Waals surface area contributed by atoms with Gasteiger partial charge in [-0.25, -0.2) is 0 Å². The average Bonchev–Trinajstić information content (AvgIpc) is 3.42. The van der Waals surface area contributed by atoms with Crippen LogP contribution in [0.25, 0.3) is 33.4 Å². The molecule has 0 saturated heterocycles. The second kappa shape index (κ2) is 9.42. The first-order valence-electron chi connectivity index (χ1n) is 15.3. The summed E-state index contributed by atoms with van der Waals surface area (Å²) < 4.78 is 0. The fraction of sp³-hybridized carbons (Fsp3) is 0.122. The molecule has 0 atom stereocenters.